The van der Waals surface area contributed by atoms with Crippen LogP contribution >= 0.6 is 0 Å². The standard InChI is InChI=1S/C50H30N2O4/c53-47-38-28-26-34(52(32-15-5-2-6-16-32)44-22-12-20-40-36-18-8-10-24-46(36)56-50(40)44)30-42(38)48(54)37-27-25-33(29-41(37)47)51(31-13-3-1-4-14-31)43-21-11-19-39-35-17-7-9-23-45(35)55-49(39)43/h1-30H. The third-order valence-electron chi connectivity index (χ3n) is 10.8. The molecule has 0 aliphatic heterocycles. The number of ketones is 2. The van der Waals surface area contributed by atoms with Crippen molar-refractivity contribution in [3.63, 3.8) is 0 Å². The van der Waals surface area contributed by atoms with E-state index in [1.54, 1.807) is 12.1 Å². The maximum Gasteiger partial charge on any atom is 0.194 e. The molecule has 10 aromatic rings. The molecule has 2 aromatic heterocycles. The lowest BCUT2D eigenvalue weighted by Crippen LogP contribution is -2.22. The van der Waals surface area contributed by atoms with Crippen molar-refractivity contribution in [2.75, 3.05) is 9.80 Å². The second kappa shape index (κ2) is 12.4. The molecule has 8 aromatic carbocycles. The molecule has 0 N–H and O–H groups in total. The topological polar surface area (TPSA) is 66.9 Å². The first-order valence-electron chi connectivity index (χ1n) is 18.5. The van der Waals surface area contributed by atoms with Gasteiger partial charge in [0.1, 0.15) is 11.2 Å². The number of para-hydroxylation sites is 6. The molecule has 1 aliphatic carbocycles. The van der Waals surface area contributed by atoms with Crippen LogP contribution in [0.3, 0.4) is 0 Å². The number of carbonyl (C=O) groups is 2. The first-order valence-corrected chi connectivity index (χ1v) is 18.5. The van der Waals surface area contributed by atoms with Gasteiger partial charge in [-0.15, -0.1) is 0 Å². The predicted molar refractivity (Wildman–Crippen MR) is 224 cm³/mol. The Kier molecular flexibility index (Phi) is 7.06. The summed E-state index contributed by atoms with van der Waals surface area (Å²) in [6, 6.07) is 59.2. The highest BCUT2D eigenvalue weighted by Gasteiger charge is 2.32. The maximum atomic E-state index is 14.5. The Bertz CT molecular complexity index is 2980. The van der Waals surface area contributed by atoms with Crippen LogP contribution in [0.4, 0.5) is 34.1 Å². The molecular weight excluding hydrogens is 693 g/mol. The van der Waals surface area contributed by atoms with Gasteiger partial charge in [-0.1, -0.05) is 97.1 Å². The summed E-state index contributed by atoms with van der Waals surface area (Å²) in [5.41, 5.74) is 9.40. The second-order valence-corrected chi connectivity index (χ2v) is 14.0. The fraction of sp³-hybridized carbons (Fsp3) is 0. The normalized spacial score (nSPS) is 12.4. The molecule has 0 fully saturated rings. The first kappa shape index (κ1) is 31.8. The molecule has 1 aliphatic rings. The lowest BCUT2D eigenvalue weighted by atomic mass is 9.83. The molecule has 0 unspecified atom stereocenters. The van der Waals surface area contributed by atoms with Crippen LogP contribution in [0.1, 0.15) is 31.8 Å². The number of hydrogen-bond donors (Lipinski definition) is 0. The van der Waals surface area contributed by atoms with E-state index in [2.05, 4.69) is 34.1 Å². The number of anilines is 6. The van der Waals surface area contributed by atoms with Gasteiger partial charge >= 0.3 is 0 Å². The third-order valence-corrected chi connectivity index (χ3v) is 10.8. The van der Waals surface area contributed by atoms with Crippen LogP contribution in [0.5, 0.6) is 0 Å². The number of hydrogen-bond acceptors (Lipinski definition) is 6. The van der Waals surface area contributed by atoms with Crippen LogP contribution in [0.15, 0.2) is 191 Å². The number of furan rings is 2. The zero-order chi connectivity index (χ0) is 37.3. The van der Waals surface area contributed by atoms with Gasteiger partial charge in [0.2, 0.25) is 0 Å². The minimum Gasteiger partial charge on any atom is -0.454 e. The van der Waals surface area contributed by atoms with Crippen molar-refractivity contribution in [3.05, 3.63) is 204 Å². The summed E-state index contributed by atoms with van der Waals surface area (Å²) >= 11 is 0. The second-order valence-electron chi connectivity index (χ2n) is 14.0. The maximum absolute atomic E-state index is 14.5. The summed E-state index contributed by atoms with van der Waals surface area (Å²) in [5, 5.41) is 4.04. The average molecular weight is 723 g/mol. The molecular formula is C50H30N2O4. The van der Waals surface area contributed by atoms with Gasteiger partial charge < -0.3 is 18.6 Å². The van der Waals surface area contributed by atoms with E-state index in [1.165, 1.54) is 0 Å². The fourth-order valence-electron chi connectivity index (χ4n) is 8.23. The van der Waals surface area contributed by atoms with Crippen LogP contribution in [-0.2, 0) is 0 Å². The molecule has 11 rings (SSSR count). The van der Waals surface area contributed by atoms with Crippen LogP contribution < -0.4 is 9.80 Å². The third kappa shape index (κ3) is 4.83. The van der Waals surface area contributed by atoms with Gasteiger partial charge in [0, 0.05) is 66.5 Å². The highest BCUT2D eigenvalue weighted by atomic mass is 16.3. The van der Waals surface area contributed by atoms with Crippen molar-refractivity contribution in [3.8, 4) is 0 Å². The van der Waals surface area contributed by atoms with Gasteiger partial charge in [-0.2, -0.15) is 0 Å². The van der Waals surface area contributed by atoms with Crippen LogP contribution in [0.25, 0.3) is 43.9 Å². The summed E-state index contributed by atoms with van der Waals surface area (Å²) in [4.78, 5) is 33.2. The lowest BCUT2D eigenvalue weighted by molar-refractivity contribution is 0.0979. The molecule has 0 radical (unpaired) electrons. The summed E-state index contributed by atoms with van der Waals surface area (Å²) in [5.74, 6) is -0.410. The van der Waals surface area contributed by atoms with Gasteiger partial charge in [-0.25, -0.2) is 0 Å². The number of rotatable bonds is 6. The van der Waals surface area contributed by atoms with Crippen molar-refractivity contribution < 1.29 is 18.4 Å². The molecule has 0 saturated carbocycles. The lowest BCUT2D eigenvalue weighted by Gasteiger charge is -2.28. The number of carbonyl (C=O) groups excluding carboxylic acids is 2. The van der Waals surface area contributed by atoms with Crippen LogP contribution in [-0.4, -0.2) is 11.6 Å². The van der Waals surface area contributed by atoms with Crippen molar-refractivity contribution in [2.24, 2.45) is 0 Å². The van der Waals surface area contributed by atoms with E-state index in [0.717, 1.165) is 78.0 Å². The van der Waals surface area contributed by atoms with Crippen LogP contribution in [0.2, 0.25) is 0 Å². The fourth-order valence-corrected chi connectivity index (χ4v) is 8.23. The average Bonchev–Trinajstić information content (AvgIpc) is 3.83. The molecule has 0 saturated heterocycles. The monoisotopic (exact) mass is 722 g/mol. The van der Waals surface area contributed by atoms with Crippen molar-refractivity contribution in [1.29, 1.82) is 0 Å². The minimum absolute atomic E-state index is 0.205. The molecule has 264 valence electrons. The molecule has 56 heavy (non-hydrogen) atoms. The zero-order valence-corrected chi connectivity index (χ0v) is 29.8. The predicted octanol–water partition coefficient (Wildman–Crippen LogP) is 13.2. The van der Waals surface area contributed by atoms with E-state index < -0.39 is 0 Å². The summed E-state index contributed by atoms with van der Waals surface area (Å²) in [6.45, 7) is 0. The number of fused-ring (bicyclic) bond motifs is 8. The van der Waals surface area contributed by atoms with Gasteiger partial charge in [-0.05, 0) is 84.9 Å². The summed E-state index contributed by atoms with van der Waals surface area (Å²) in [7, 11) is 0. The van der Waals surface area contributed by atoms with Crippen molar-refractivity contribution >= 4 is 89.6 Å². The highest BCUT2D eigenvalue weighted by molar-refractivity contribution is 6.29. The summed E-state index contributed by atoms with van der Waals surface area (Å²) in [6.07, 6.45) is 0. The number of benzene rings is 8. The van der Waals surface area contributed by atoms with E-state index in [1.807, 2.05) is 146 Å². The van der Waals surface area contributed by atoms with E-state index in [0.29, 0.717) is 22.3 Å². The molecule has 0 atom stereocenters. The Hall–Kier alpha value is -7.70. The highest BCUT2D eigenvalue weighted by Crippen LogP contribution is 2.45. The van der Waals surface area contributed by atoms with Crippen LogP contribution in [0, 0.1) is 0 Å². The van der Waals surface area contributed by atoms with E-state index in [9.17, 15) is 9.59 Å². The minimum atomic E-state index is -0.205. The Balaban J connectivity index is 1.04. The Labute approximate surface area is 321 Å². The van der Waals surface area contributed by atoms with Gasteiger partial charge in [-0.3, -0.25) is 9.59 Å². The molecule has 6 heteroatoms. The van der Waals surface area contributed by atoms with E-state index >= 15 is 0 Å². The molecule has 6 nitrogen and oxygen atoms in total. The van der Waals surface area contributed by atoms with Gasteiger partial charge in [0.15, 0.2) is 22.7 Å². The summed E-state index contributed by atoms with van der Waals surface area (Å²) < 4.78 is 12.9. The molecule has 0 bridgehead atoms. The van der Waals surface area contributed by atoms with Gasteiger partial charge in [0.05, 0.1) is 11.4 Å². The quantitative estimate of drug-likeness (QED) is 0.170. The Morgan fingerprint density at radius 1 is 0.321 bits per heavy atom. The first-order chi connectivity index (χ1) is 27.6. The molecule has 0 spiro atoms. The Morgan fingerprint density at radius 3 is 1.16 bits per heavy atom. The molecule has 0 amide bonds. The SMILES string of the molecule is O=C1c2ccc(N(c3ccccc3)c3cccc4c3oc3ccccc34)cc2C(=O)c2ccc(N(c3ccccc3)c3cccc4c3oc3ccccc34)cc21. The zero-order valence-electron chi connectivity index (χ0n) is 29.8. The van der Waals surface area contributed by atoms with E-state index in [-0.39, 0.29) is 11.6 Å². The van der Waals surface area contributed by atoms with E-state index in [4.69, 9.17) is 8.83 Å². The van der Waals surface area contributed by atoms with Gasteiger partial charge in [0.25, 0.3) is 0 Å². The largest absolute Gasteiger partial charge is 0.454 e. The Morgan fingerprint density at radius 2 is 0.714 bits per heavy atom. The van der Waals surface area contributed by atoms with Crippen molar-refractivity contribution in [2.45, 2.75) is 0 Å². The molecule has 2 heterocycles. The van der Waals surface area contributed by atoms with Crippen molar-refractivity contribution in [1.82, 2.24) is 0 Å². The number of nitrogens with zero attached hydrogens (tertiary/aromatic N) is 2. The smallest absolute Gasteiger partial charge is 0.194 e.